The highest BCUT2D eigenvalue weighted by atomic mass is 16.5. The molecular weight excluding hydrogens is 318 g/mol. The number of nitrogens with one attached hydrogen (secondary N) is 1. The van der Waals surface area contributed by atoms with Crippen LogP contribution in [0.15, 0.2) is 18.2 Å². The molecule has 2 saturated heterocycles. The van der Waals surface area contributed by atoms with Crippen LogP contribution in [0, 0.1) is 0 Å². The van der Waals surface area contributed by atoms with Gasteiger partial charge in [-0.15, -0.1) is 0 Å². The van der Waals surface area contributed by atoms with Gasteiger partial charge < -0.3 is 24.6 Å². The highest BCUT2D eigenvalue weighted by molar-refractivity contribution is 5.75. The Hall–Kier alpha value is -1.95. The molecular formula is C19H29N3O3. The minimum absolute atomic E-state index is 0.0383. The standard InChI is InChI=1S/C19H29N3O3/c1-21-11-8-14(9-12-21)20-19(23)22-10-4-5-17(22)16-13-15(24-2)6-7-18(16)25-3/h6-7,13-14,17H,4-5,8-12H2,1-3H3,(H,20,23)/t17-/m0/s1. The maximum atomic E-state index is 12.9. The molecule has 0 saturated carbocycles. The molecule has 1 aromatic carbocycles. The lowest BCUT2D eigenvalue weighted by molar-refractivity contribution is 0.176. The lowest BCUT2D eigenvalue weighted by atomic mass is 10.0. The van der Waals surface area contributed by atoms with E-state index in [9.17, 15) is 4.79 Å². The van der Waals surface area contributed by atoms with Crippen LogP contribution in [-0.4, -0.2) is 62.8 Å². The zero-order valence-corrected chi connectivity index (χ0v) is 15.5. The van der Waals surface area contributed by atoms with Crippen molar-refractivity contribution in [2.24, 2.45) is 0 Å². The van der Waals surface area contributed by atoms with E-state index < -0.39 is 0 Å². The van der Waals surface area contributed by atoms with Crippen LogP contribution in [0.5, 0.6) is 11.5 Å². The summed E-state index contributed by atoms with van der Waals surface area (Å²) in [5.41, 5.74) is 1.03. The van der Waals surface area contributed by atoms with Gasteiger partial charge in [-0.1, -0.05) is 0 Å². The molecule has 0 aromatic heterocycles. The first-order valence-corrected chi connectivity index (χ1v) is 9.10. The number of piperidine rings is 1. The summed E-state index contributed by atoms with van der Waals surface area (Å²) in [4.78, 5) is 17.1. The maximum absolute atomic E-state index is 12.9. The van der Waals surface area contributed by atoms with Crippen LogP contribution in [0.2, 0.25) is 0 Å². The third kappa shape index (κ3) is 4.00. The quantitative estimate of drug-likeness (QED) is 0.910. The van der Waals surface area contributed by atoms with Crippen LogP contribution < -0.4 is 14.8 Å². The van der Waals surface area contributed by atoms with E-state index in [-0.39, 0.29) is 18.1 Å². The van der Waals surface area contributed by atoms with Crippen molar-refractivity contribution in [3.05, 3.63) is 23.8 Å². The number of amides is 2. The smallest absolute Gasteiger partial charge is 0.318 e. The van der Waals surface area contributed by atoms with Crippen LogP contribution in [0.3, 0.4) is 0 Å². The molecule has 1 aromatic rings. The molecule has 0 aliphatic carbocycles. The number of rotatable bonds is 4. The Morgan fingerprint density at radius 1 is 1.12 bits per heavy atom. The van der Waals surface area contributed by atoms with Crippen LogP contribution >= 0.6 is 0 Å². The summed E-state index contributed by atoms with van der Waals surface area (Å²) < 4.78 is 10.9. The second-order valence-electron chi connectivity index (χ2n) is 6.99. The number of urea groups is 1. The first-order valence-electron chi connectivity index (χ1n) is 9.10. The summed E-state index contributed by atoms with van der Waals surface area (Å²) in [6.45, 7) is 2.86. The van der Waals surface area contributed by atoms with Crippen molar-refractivity contribution in [3.63, 3.8) is 0 Å². The minimum Gasteiger partial charge on any atom is -0.497 e. The van der Waals surface area contributed by atoms with Gasteiger partial charge in [-0.2, -0.15) is 0 Å². The van der Waals surface area contributed by atoms with Gasteiger partial charge in [0.25, 0.3) is 0 Å². The van der Waals surface area contributed by atoms with Gasteiger partial charge in [0, 0.05) is 18.2 Å². The molecule has 138 valence electrons. The van der Waals surface area contributed by atoms with Crippen molar-refractivity contribution < 1.29 is 14.3 Å². The molecule has 2 fully saturated rings. The van der Waals surface area contributed by atoms with Crippen molar-refractivity contribution in [1.29, 1.82) is 0 Å². The molecule has 1 N–H and O–H groups in total. The highest BCUT2D eigenvalue weighted by Crippen LogP contribution is 2.38. The summed E-state index contributed by atoms with van der Waals surface area (Å²) >= 11 is 0. The van der Waals surface area contributed by atoms with E-state index in [1.807, 2.05) is 23.1 Å². The van der Waals surface area contributed by atoms with Crippen molar-refractivity contribution in [2.75, 3.05) is 40.9 Å². The fourth-order valence-electron chi connectivity index (χ4n) is 3.84. The van der Waals surface area contributed by atoms with E-state index in [1.54, 1.807) is 14.2 Å². The van der Waals surface area contributed by atoms with E-state index in [2.05, 4.69) is 17.3 Å². The topological polar surface area (TPSA) is 54.0 Å². The summed E-state index contributed by atoms with van der Waals surface area (Å²) in [6.07, 6.45) is 3.99. The number of likely N-dealkylation sites (tertiary alicyclic amines) is 2. The van der Waals surface area contributed by atoms with Crippen LogP contribution in [0.4, 0.5) is 4.79 Å². The van der Waals surface area contributed by atoms with Gasteiger partial charge in [-0.3, -0.25) is 0 Å². The zero-order valence-electron chi connectivity index (χ0n) is 15.5. The zero-order chi connectivity index (χ0) is 17.8. The Labute approximate surface area is 150 Å². The Morgan fingerprint density at radius 3 is 2.56 bits per heavy atom. The fraction of sp³-hybridized carbons (Fsp3) is 0.632. The summed E-state index contributed by atoms with van der Waals surface area (Å²) in [6, 6.07) is 6.15. The lowest BCUT2D eigenvalue weighted by Gasteiger charge is -2.32. The number of ether oxygens (including phenoxy) is 2. The van der Waals surface area contributed by atoms with Gasteiger partial charge in [0.2, 0.25) is 0 Å². The van der Waals surface area contributed by atoms with Gasteiger partial charge in [-0.25, -0.2) is 4.79 Å². The Morgan fingerprint density at radius 2 is 1.88 bits per heavy atom. The minimum atomic E-state index is 0.0383. The second kappa shape index (κ2) is 7.95. The molecule has 2 heterocycles. The first kappa shape index (κ1) is 17.9. The first-order chi connectivity index (χ1) is 12.1. The van der Waals surface area contributed by atoms with E-state index in [0.717, 1.165) is 62.4 Å². The van der Waals surface area contributed by atoms with Crippen molar-refractivity contribution in [2.45, 2.75) is 37.8 Å². The SMILES string of the molecule is COc1ccc(OC)c([C@@H]2CCCN2C(=O)NC2CCN(C)CC2)c1. The van der Waals surface area contributed by atoms with E-state index in [1.165, 1.54) is 0 Å². The third-order valence-electron chi connectivity index (χ3n) is 5.36. The number of benzene rings is 1. The number of hydrogen-bond donors (Lipinski definition) is 1. The third-order valence-corrected chi connectivity index (χ3v) is 5.36. The van der Waals surface area contributed by atoms with Gasteiger partial charge in [-0.05, 0) is 64.0 Å². The number of nitrogens with zero attached hydrogens (tertiary/aromatic N) is 2. The molecule has 1 atom stereocenters. The largest absolute Gasteiger partial charge is 0.497 e. The van der Waals surface area contributed by atoms with Crippen LogP contribution in [-0.2, 0) is 0 Å². The van der Waals surface area contributed by atoms with Crippen LogP contribution in [0.1, 0.15) is 37.3 Å². The molecule has 6 heteroatoms. The van der Waals surface area contributed by atoms with Gasteiger partial charge >= 0.3 is 6.03 Å². The summed E-state index contributed by atoms with van der Waals surface area (Å²) in [7, 11) is 5.46. The lowest BCUT2D eigenvalue weighted by Crippen LogP contribution is -2.48. The average Bonchev–Trinajstić information content (AvgIpc) is 3.12. The second-order valence-corrected chi connectivity index (χ2v) is 6.99. The normalized spacial score (nSPS) is 22.0. The molecule has 2 aliphatic heterocycles. The predicted molar refractivity (Wildman–Crippen MR) is 97.3 cm³/mol. The van der Waals surface area contributed by atoms with Crippen LogP contribution in [0.25, 0.3) is 0 Å². The van der Waals surface area contributed by atoms with Crippen molar-refractivity contribution in [3.8, 4) is 11.5 Å². The molecule has 3 rings (SSSR count). The number of carbonyl (C=O) groups is 1. The number of carbonyl (C=O) groups excluding carboxylic acids is 1. The van der Waals surface area contributed by atoms with Crippen molar-refractivity contribution >= 4 is 6.03 Å². The monoisotopic (exact) mass is 347 g/mol. The molecule has 0 unspecified atom stereocenters. The van der Waals surface area contributed by atoms with E-state index in [4.69, 9.17) is 9.47 Å². The number of hydrogen-bond acceptors (Lipinski definition) is 4. The Kier molecular flexibility index (Phi) is 5.68. The molecule has 0 bridgehead atoms. The summed E-state index contributed by atoms with van der Waals surface area (Å²) in [5, 5.41) is 3.24. The van der Waals surface area contributed by atoms with Gasteiger partial charge in [0.15, 0.2) is 0 Å². The molecule has 25 heavy (non-hydrogen) atoms. The van der Waals surface area contributed by atoms with Gasteiger partial charge in [0.1, 0.15) is 11.5 Å². The molecule has 2 amide bonds. The maximum Gasteiger partial charge on any atom is 0.318 e. The Balaban J connectivity index is 1.73. The molecule has 0 spiro atoms. The Bertz CT molecular complexity index is 600. The molecule has 0 radical (unpaired) electrons. The van der Waals surface area contributed by atoms with Gasteiger partial charge in [0.05, 0.1) is 20.3 Å². The average molecular weight is 347 g/mol. The van der Waals surface area contributed by atoms with E-state index in [0.29, 0.717) is 0 Å². The molecule has 2 aliphatic rings. The van der Waals surface area contributed by atoms with Crippen molar-refractivity contribution in [1.82, 2.24) is 15.1 Å². The fourth-order valence-corrected chi connectivity index (χ4v) is 3.84. The van der Waals surface area contributed by atoms with E-state index >= 15 is 0 Å². The highest BCUT2D eigenvalue weighted by Gasteiger charge is 2.33. The number of methoxy groups -OCH3 is 2. The predicted octanol–water partition coefficient (Wildman–Crippen LogP) is 2.64. The summed E-state index contributed by atoms with van der Waals surface area (Å²) in [5.74, 6) is 1.60. The molecule has 6 nitrogen and oxygen atoms in total.